The van der Waals surface area contributed by atoms with Crippen LogP contribution in [0.2, 0.25) is 23.2 Å². The van der Waals surface area contributed by atoms with Gasteiger partial charge < -0.3 is 4.43 Å². The Morgan fingerprint density at radius 2 is 1.75 bits per heavy atom. The van der Waals surface area contributed by atoms with E-state index < -0.39 is 20.1 Å². The average molecular weight is 379 g/mol. The first-order valence-electron chi connectivity index (χ1n) is 8.37. The van der Waals surface area contributed by atoms with E-state index in [0.717, 1.165) is 19.3 Å². The van der Waals surface area contributed by atoms with Crippen LogP contribution in [0.1, 0.15) is 57.1 Å². The van der Waals surface area contributed by atoms with Gasteiger partial charge in [-0.3, -0.25) is 0 Å². The molecule has 1 aromatic rings. The Labute approximate surface area is 148 Å². The third-order valence-corrected chi connectivity index (χ3v) is 10.3. The summed E-state index contributed by atoms with van der Waals surface area (Å²) in [4.78, 5) is 0. The highest BCUT2D eigenvalue weighted by molar-refractivity contribution is 6.74. The fourth-order valence-corrected chi connectivity index (χ4v) is 4.61. The Bertz CT molecular complexity index is 593. The first-order chi connectivity index (χ1) is 10.8. The number of hydrogen-bond acceptors (Lipinski definition) is 1. The summed E-state index contributed by atoms with van der Waals surface area (Å²) in [5.41, 5.74) is -0.0624. The van der Waals surface area contributed by atoms with E-state index >= 15 is 0 Å². The molecule has 1 aliphatic rings. The van der Waals surface area contributed by atoms with E-state index in [4.69, 9.17) is 16.0 Å². The second-order valence-electron chi connectivity index (χ2n) is 8.19. The van der Waals surface area contributed by atoms with Crippen molar-refractivity contribution in [2.24, 2.45) is 0 Å². The molecule has 2 rings (SSSR count). The molecule has 0 saturated heterocycles. The van der Waals surface area contributed by atoms with Crippen molar-refractivity contribution < 1.29 is 17.6 Å². The van der Waals surface area contributed by atoms with Crippen molar-refractivity contribution in [2.45, 2.75) is 76.4 Å². The lowest BCUT2D eigenvalue weighted by Crippen LogP contribution is -2.44. The van der Waals surface area contributed by atoms with Crippen LogP contribution in [0.3, 0.4) is 0 Å². The summed E-state index contributed by atoms with van der Waals surface area (Å²) >= 11 is 5.75. The Morgan fingerprint density at radius 1 is 1.12 bits per heavy atom. The van der Waals surface area contributed by atoms with E-state index in [2.05, 4.69) is 33.9 Å². The summed E-state index contributed by atoms with van der Waals surface area (Å²) in [5, 5.41) is -0.164. The quantitative estimate of drug-likeness (QED) is 0.513. The van der Waals surface area contributed by atoms with Crippen molar-refractivity contribution >= 4 is 19.9 Å². The van der Waals surface area contributed by atoms with Crippen molar-refractivity contribution in [3.63, 3.8) is 0 Å². The zero-order valence-electron chi connectivity index (χ0n) is 14.9. The van der Waals surface area contributed by atoms with Gasteiger partial charge in [0.05, 0.1) is 16.7 Å². The van der Waals surface area contributed by atoms with Crippen LogP contribution < -0.4 is 0 Å². The van der Waals surface area contributed by atoms with E-state index in [1.165, 1.54) is 12.1 Å². The molecule has 1 nitrogen and oxygen atoms in total. The van der Waals surface area contributed by atoms with Crippen molar-refractivity contribution in [3.8, 4) is 0 Å². The van der Waals surface area contributed by atoms with Crippen molar-refractivity contribution in [1.29, 1.82) is 0 Å². The molecule has 0 unspecified atom stereocenters. The van der Waals surface area contributed by atoms with Crippen molar-refractivity contribution in [3.05, 3.63) is 34.3 Å². The topological polar surface area (TPSA) is 9.23 Å². The second-order valence-corrected chi connectivity index (χ2v) is 13.4. The van der Waals surface area contributed by atoms with Gasteiger partial charge in [0.15, 0.2) is 8.32 Å². The van der Waals surface area contributed by atoms with E-state index in [-0.39, 0.29) is 22.1 Å². The molecular weight excluding hydrogens is 353 g/mol. The van der Waals surface area contributed by atoms with Crippen LogP contribution in [-0.4, -0.2) is 14.4 Å². The number of alkyl halides is 3. The molecule has 0 aromatic heterocycles. The first kappa shape index (κ1) is 19.8. The van der Waals surface area contributed by atoms with Gasteiger partial charge in [0, 0.05) is 5.92 Å². The van der Waals surface area contributed by atoms with Gasteiger partial charge in [-0.15, -0.1) is 0 Å². The standard InChI is InChI=1S/C18H26ClF3OSi/c1-17(2,3)24(4,5)23-16-8-6-7-13(16)12-9-10-15(19)14(11-12)18(20,21)22/h9-11,13,16H,6-8H2,1-5H3/t13-,16+/m0/s1. The molecule has 0 aliphatic heterocycles. The number of hydrogen-bond donors (Lipinski definition) is 0. The van der Waals surface area contributed by atoms with Crippen molar-refractivity contribution in [1.82, 2.24) is 0 Å². The second kappa shape index (κ2) is 6.65. The molecule has 0 heterocycles. The lowest BCUT2D eigenvalue weighted by atomic mass is 9.94. The molecule has 6 heteroatoms. The highest BCUT2D eigenvalue weighted by atomic mass is 35.5. The highest BCUT2D eigenvalue weighted by Crippen LogP contribution is 2.45. The SMILES string of the molecule is CC(C)(C)[Si](C)(C)O[C@@H]1CCC[C@H]1c1ccc(Cl)c(C(F)(F)F)c1. The molecule has 2 atom stereocenters. The van der Waals surface area contributed by atoms with Gasteiger partial charge in [-0.25, -0.2) is 0 Å². The summed E-state index contributed by atoms with van der Waals surface area (Å²) in [5.74, 6) is 0.0116. The average Bonchev–Trinajstić information content (AvgIpc) is 2.84. The molecule has 0 radical (unpaired) electrons. The zero-order chi connectivity index (χ0) is 18.3. The van der Waals surface area contributed by atoms with Crippen molar-refractivity contribution in [2.75, 3.05) is 0 Å². The van der Waals surface area contributed by atoms with Gasteiger partial charge in [0.25, 0.3) is 0 Å². The summed E-state index contributed by atoms with van der Waals surface area (Å²) in [7, 11) is -1.95. The molecular formula is C18H26ClF3OSi. The smallest absolute Gasteiger partial charge is 0.413 e. The van der Waals surface area contributed by atoms with Gasteiger partial charge in [0.1, 0.15) is 0 Å². The maximum Gasteiger partial charge on any atom is 0.417 e. The normalized spacial score (nSPS) is 22.9. The van der Waals surface area contributed by atoms with Gasteiger partial charge in [-0.2, -0.15) is 13.2 Å². The molecule has 0 N–H and O–H groups in total. The number of benzene rings is 1. The van der Waals surface area contributed by atoms with Crippen LogP contribution in [-0.2, 0) is 10.6 Å². The summed E-state index contributed by atoms with van der Waals surface area (Å²) in [6.07, 6.45) is -1.69. The Kier molecular flexibility index (Phi) is 5.49. The fraction of sp³-hybridized carbons (Fsp3) is 0.667. The largest absolute Gasteiger partial charge is 0.417 e. The fourth-order valence-electron chi connectivity index (χ4n) is 2.99. The molecule has 1 saturated carbocycles. The molecule has 24 heavy (non-hydrogen) atoms. The molecule has 1 fully saturated rings. The Hall–Kier alpha value is -0.523. The molecule has 1 aromatic carbocycles. The predicted octanol–water partition coefficient (Wildman–Crippen LogP) is 7.02. The Balaban J connectivity index is 2.29. The lowest BCUT2D eigenvalue weighted by molar-refractivity contribution is -0.137. The summed E-state index contributed by atoms with van der Waals surface area (Å²) in [6, 6.07) is 4.29. The third kappa shape index (κ3) is 4.17. The summed E-state index contributed by atoms with van der Waals surface area (Å²) < 4.78 is 45.9. The minimum Gasteiger partial charge on any atom is -0.413 e. The third-order valence-electron chi connectivity index (χ3n) is 5.43. The van der Waals surface area contributed by atoms with Crippen LogP contribution >= 0.6 is 11.6 Å². The van der Waals surface area contributed by atoms with Crippen LogP contribution in [0.5, 0.6) is 0 Å². The van der Waals surface area contributed by atoms with E-state index in [0.29, 0.717) is 5.56 Å². The predicted molar refractivity (Wildman–Crippen MR) is 95.1 cm³/mol. The van der Waals surface area contributed by atoms with Crippen LogP contribution in [0.25, 0.3) is 0 Å². The van der Waals surface area contributed by atoms with Crippen LogP contribution in [0, 0.1) is 0 Å². The van der Waals surface area contributed by atoms with E-state index in [9.17, 15) is 13.2 Å². The molecule has 0 bridgehead atoms. The first-order valence-corrected chi connectivity index (χ1v) is 11.7. The maximum absolute atomic E-state index is 13.1. The van der Waals surface area contributed by atoms with Gasteiger partial charge in [-0.05, 0) is 48.7 Å². The molecule has 0 spiro atoms. The minimum absolute atomic E-state index is 0.00634. The molecule has 136 valence electrons. The minimum atomic E-state index is -4.43. The highest BCUT2D eigenvalue weighted by Gasteiger charge is 2.42. The number of halogens is 4. The number of rotatable bonds is 3. The Morgan fingerprint density at radius 3 is 2.29 bits per heavy atom. The van der Waals surface area contributed by atoms with E-state index in [1.54, 1.807) is 6.07 Å². The maximum atomic E-state index is 13.1. The summed E-state index contributed by atoms with van der Waals surface area (Å²) in [6.45, 7) is 10.9. The van der Waals surface area contributed by atoms with E-state index in [1.807, 2.05) is 0 Å². The van der Waals surface area contributed by atoms with Gasteiger partial charge >= 0.3 is 6.18 Å². The van der Waals surface area contributed by atoms with Gasteiger partial charge in [0.2, 0.25) is 0 Å². The van der Waals surface area contributed by atoms with Crippen LogP contribution in [0.15, 0.2) is 18.2 Å². The van der Waals surface area contributed by atoms with Crippen LogP contribution in [0.4, 0.5) is 13.2 Å². The zero-order valence-corrected chi connectivity index (χ0v) is 16.7. The lowest BCUT2D eigenvalue weighted by Gasteiger charge is -2.40. The molecule has 0 amide bonds. The monoisotopic (exact) mass is 378 g/mol. The molecule has 1 aliphatic carbocycles. The van der Waals surface area contributed by atoms with Gasteiger partial charge in [-0.1, -0.05) is 44.9 Å².